The number of ether oxygens (including phenoxy) is 1. The molecule has 9 heteroatoms. The van der Waals surface area contributed by atoms with E-state index >= 15 is 0 Å². The number of aromatic nitrogens is 2. The third-order valence-corrected chi connectivity index (χ3v) is 4.92. The van der Waals surface area contributed by atoms with Crippen LogP contribution in [0.15, 0.2) is 6.20 Å². The molecule has 2 aliphatic carbocycles. The number of hydrogen-bond acceptors (Lipinski definition) is 5. The minimum absolute atomic E-state index is 0.163. The Morgan fingerprint density at radius 1 is 1.31 bits per heavy atom. The van der Waals surface area contributed by atoms with Crippen LogP contribution in [0.4, 0.5) is 8.78 Å². The number of nitrogens with zero attached hydrogens (tertiary/aromatic N) is 3. The maximum Gasteiger partial charge on any atom is 0.326 e. The molecule has 1 aromatic rings. The molecule has 0 spiro atoms. The van der Waals surface area contributed by atoms with Crippen LogP contribution < -0.4 is 4.74 Å². The average Bonchev–Trinajstić information content (AvgIpc) is 3.49. The summed E-state index contributed by atoms with van der Waals surface area (Å²) >= 11 is 0. The van der Waals surface area contributed by atoms with Crippen LogP contribution in [-0.4, -0.2) is 57.0 Å². The standard InChI is InChI=1S/C17H19F2N3O4/c18-17(19)5-12(16(24)25)22(8-17)15(23)11-6-20-13(10-3-4-10)14(21-11)26-7-9-1-2-9/h6,9-10,12H,1-5,7-8H2,(H,24,25)/t12-/m0/s1. The largest absolute Gasteiger partial charge is 0.480 e. The summed E-state index contributed by atoms with van der Waals surface area (Å²) in [6, 6.07) is -1.57. The fraction of sp³-hybridized carbons (Fsp3) is 0.647. The van der Waals surface area contributed by atoms with Gasteiger partial charge in [-0.25, -0.2) is 18.6 Å². The molecule has 1 atom stereocenters. The molecule has 4 rings (SSSR count). The first-order valence-corrected chi connectivity index (χ1v) is 8.75. The summed E-state index contributed by atoms with van der Waals surface area (Å²) in [5.41, 5.74) is 0.521. The molecular weight excluding hydrogens is 348 g/mol. The van der Waals surface area contributed by atoms with Crippen molar-refractivity contribution in [1.29, 1.82) is 0 Å². The highest BCUT2D eigenvalue weighted by Crippen LogP contribution is 2.43. The minimum atomic E-state index is -3.23. The van der Waals surface area contributed by atoms with E-state index in [1.165, 1.54) is 6.20 Å². The summed E-state index contributed by atoms with van der Waals surface area (Å²) in [6.07, 6.45) is 4.46. The molecule has 0 bridgehead atoms. The first-order valence-electron chi connectivity index (χ1n) is 8.75. The van der Waals surface area contributed by atoms with Crippen molar-refractivity contribution in [3.63, 3.8) is 0 Å². The van der Waals surface area contributed by atoms with Gasteiger partial charge in [-0.3, -0.25) is 9.78 Å². The molecule has 1 N–H and O–H groups in total. The second-order valence-corrected chi connectivity index (χ2v) is 7.32. The molecule has 1 amide bonds. The number of carboxylic acids is 1. The number of aliphatic carboxylic acids is 1. The Labute approximate surface area is 148 Å². The highest BCUT2D eigenvalue weighted by molar-refractivity contribution is 5.95. The number of hydrogen-bond donors (Lipinski definition) is 1. The van der Waals surface area contributed by atoms with E-state index in [1.807, 2.05) is 0 Å². The summed E-state index contributed by atoms with van der Waals surface area (Å²) in [5, 5.41) is 9.16. The molecule has 7 nitrogen and oxygen atoms in total. The van der Waals surface area contributed by atoms with Gasteiger partial charge in [-0.1, -0.05) is 0 Å². The van der Waals surface area contributed by atoms with E-state index in [0.717, 1.165) is 25.7 Å². The van der Waals surface area contributed by atoms with Gasteiger partial charge in [0.2, 0.25) is 5.88 Å². The Kier molecular flexibility index (Phi) is 4.04. The summed E-state index contributed by atoms with van der Waals surface area (Å²) in [4.78, 5) is 33.0. The van der Waals surface area contributed by atoms with E-state index in [2.05, 4.69) is 9.97 Å². The molecule has 2 heterocycles. The van der Waals surface area contributed by atoms with E-state index in [1.54, 1.807) is 0 Å². The number of carbonyl (C=O) groups excluding carboxylic acids is 1. The van der Waals surface area contributed by atoms with Gasteiger partial charge >= 0.3 is 5.97 Å². The van der Waals surface area contributed by atoms with Gasteiger partial charge in [0.25, 0.3) is 11.8 Å². The molecule has 26 heavy (non-hydrogen) atoms. The van der Waals surface area contributed by atoms with Crippen molar-refractivity contribution < 1.29 is 28.2 Å². The van der Waals surface area contributed by atoms with Crippen molar-refractivity contribution in [2.24, 2.45) is 5.92 Å². The molecule has 3 aliphatic rings. The number of alkyl halides is 2. The first kappa shape index (κ1) is 17.1. The van der Waals surface area contributed by atoms with Crippen LogP contribution in [-0.2, 0) is 4.79 Å². The van der Waals surface area contributed by atoms with Crippen molar-refractivity contribution in [2.45, 2.75) is 50.0 Å². The molecule has 3 fully saturated rings. The minimum Gasteiger partial charge on any atom is -0.480 e. The number of likely N-dealkylation sites (tertiary alicyclic amines) is 1. The smallest absolute Gasteiger partial charge is 0.326 e. The zero-order chi connectivity index (χ0) is 18.5. The maximum atomic E-state index is 13.6. The number of halogens is 2. The van der Waals surface area contributed by atoms with Gasteiger partial charge in [0, 0.05) is 12.3 Å². The van der Waals surface area contributed by atoms with E-state index < -0.39 is 36.8 Å². The Hall–Kier alpha value is -2.32. The normalized spacial score (nSPS) is 24.5. The first-order chi connectivity index (χ1) is 12.3. The molecule has 0 radical (unpaired) electrons. The fourth-order valence-corrected chi connectivity index (χ4v) is 3.11. The van der Waals surface area contributed by atoms with Crippen LogP contribution >= 0.6 is 0 Å². The van der Waals surface area contributed by atoms with E-state index in [-0.39, 0.29) is 17.5 Å². The van der Waals surface area contributed by atoms with Gasteiger partial charge in [0.15, 0.2) is 5.69 Å². The quantitative estimate of drug-likeness (QED) is 0.828. The van der Waals surface area contributed by atoms with Gasteiger partial charge in [0.1, 0.15) is 11.7 Å². The second-order valence-electron chi connectivity index (χ2n) is 7.32. The van der Waals surface area contributed by atoms with E-state index in [9.17, 15) is 18.4 Å². The monoisotopic (exact) mass is 367 g/mol. The molecule has 140 valence electrons. The molecule has 1 saturated heterocycles. The lowest BCUT2D eigenvalue weighted by molar-refractivity contribution is -0.141. The highest BCUT2D eigenvalue weighted by atomic mass is 19.3. The van der Waals surface area contributed by atoms with Gasteiger partial charge in [-0.05, 0) is 31.6 Å². The lowest BCUT2D eigenvalue weighted by Gasteiger charge is -2.20. The molecule has 1 aromatic heterocycles. The molecule has 0 aromatic carbocycles. The molecule has 2 saturated carbocycles. The summed E-state index contributed by atoms with van der Waals surface area (Å²) in [7, 11) is 0. The van der Waals surface area contributed by atoms with Crippen molar-refractivity contribution in [3.8, 4) is 5.88 Å². The number of amides is 1. The van der Waals surface area contributed by atoms with Crippen LogP contribution in [0.1, 0.15) is 54.2 Å². The predicted molar refractivity (Wildman–Crippen MR) is 84.3 cm³/mol. The highest BCUT2D eigenvalue weighted by Gasteiger charge is 2.50. The third kappa shape index (κ3) is 3.47. The molecule has 1 aliphatic heterocycles. The summed E-state index contributed by atoms with van der Waals surface area (Å²) in [5.74, 6) is -4.54. The fourth-order valence-electron chi connectivity index (χ4n) is 3.11. The summed E-state index contributed by atoms with van der Waals surface area (Å²) in [6.45, 7) is -0.446. The van der Waals surface area contributed by atoms with Crippen molar-refractivity contribution in [2.75, 3.05) is 13.2 Å². The number of rotatable bonds is 6. The Bertz CT molecular complexity index is 750. The van der Waals surface area contributed by atoms with E-state index in [0.29, 0.717) is 23.1 Å². The Morgan fingerprint density at radius 2 is 2.04 bits per heavy atom. The van der Waals surface area contributed by atoms with Crippen molar-refractivity contribution in [1.82, 2.24) is 14.9 Å². The predicted octanol–water partition coefficient (Wildman–Crippen LogP) is 2.08. The van der Waals surface area contributed by atoms with E-state index in [4.69, 9.17) is 9.84 Å². The van der Waals surface area contributed by atoms with Crippen LogP contribution in [0, 0.1) is 5.92 Å². The van der Waals surface area contributed by atoms with Crippen LogP contribution in [0.2, 0.25) is 0 Å². The zero-order valence-electron chi connectivity index (χ0n) is 14.0. The number of carbonyl (C=O) groups is 2. The lowest BCUT2D eigenvalue weighted by atomic mass is 10.2. The van der Waals surface area contributed by atoms with Crippen LogP contribution in [0.3, 0.4) is 0 Å². The SMILES string of the molecule is O=C(O)[C@@H]1CC(F)(F)CN1C(=O)c1cnc(C2CC2)c(OCC2CC2)n1. The van der Waals surface area contributed by atoms with Crippen LogP contribution in [0.25, 0.3) is 0 Å². The van der Waals surface area contributed by atoms with Gasteiger partial charge in [-0.2, -0.15) is 0 Å². The lowest BCUT2D eigenvalue weighted by Crippen LogP contribution is -2.41. The molecular formula is C17H19F2N3O4. The summed E-state index contributed by atoms with van der Waals surface area (Å²) < 4.78 is 33.0. The molecule has 0 unspecified atom stereocenters. The van der Waals surface area contributed by atoms with Crippen molar-refractivity contribution >= 4 is 11.9 Å². The average molecular weight is 367 g/mol. The second kappa shape index (κ2) is 6.14. The van der Waals surface area contributed by atoms with Gasteiger partial charge in [-0.15, -0.1) is 0 Å². The van der Waals surface area contributed by atoms with Crippen molar-refractivity contribution in [3.05, 3.63) is 17.6 Å². The Morgan fingerprint density at radius 3 is 2.65 bits per heavy atom. The number of carboxylic acid groups (broad SMARTS) is 1. The van der Waals surface area contributed by atoms with Gasteiger partial charge in [0.05, 0.1) is 19.3 Å². The Balaban J connectivity index is 1.58. The third-order valence-electron chi connectivity index (χ3n) is 4.92. The van der Waals surface area contributed by atoms with Crippen LogP contribution in [0.5, 0.6) is 5.88 Å². The van der Waals surface area contributed by atoms with Gasteiger partial charge < -0.3 is 14.7 Å². The topological polar surface area (TPSA) is 92.6 Å². The zero-order valence-corrected chi connectivity index (χ0v) is 14.0. The maximum absolute atomic E-state index is 13.6.